The number of β-amino-alcohol motifs (C(OH)–C–C–N with tert-alkyl or cyclic N) is 2. The summed E-state index contributed by atoms with van der Waals surface area (Å²) < 4.78 is 0. The molecule has 0 aromatic heterocycles. The van der Waals surface area contributed by atoms with Gasteiger partial charge in [-0.15, -0.1) is 0 Å². The molecule has 5 nitrogen and oxygen atoms in total. The predicted molar refractivity (Wildman–Crippen MR) is 73.7 cm³/mol. The Morgan fingerprint density at radius 1 is 0.778 bits per heavy atom. The van der Waals surface area contributed by atoms with Gasteiger partial charge in [0, 0.05) is 52.4 Å². The van der Waals surface area contributed by atoms with E-state index in [0.29, 0.717) is 0 Å². The highest BCUT2D eigenvalue weighted by Crippen LogP contribution is 2.01. The fourth-order valence-corrected chi connectivity index (χ4v) is 2.36. The van der Waals surface area contributed by atoms with Crippen LogP contribution in [0.25, 0.3) is 0 Å². The summed E-state index contributed by atoms with van der Waals surface area (Å²) in [5.74, 6) is 0. The van der Waals surface area contributed by atoms with E-state index in [2.05, 4.69) is 21.7 Å². The van der Waals surface area contributed by atoms with Crippen molar-refractivity contribution >= 4 is 0 Å². The second-order valence-electron chi connectivity index (χ2n) is 5.60. The second kappa shape index (κ2) is 8.07. The quantitative estimate of drug-likeness (QED) is 0.699. The highest BCUT2D eigenvalue weighted by atomic mass is 16.3. The summed E-state index contributed by atoms with van der Waals surface area (Å²) in [6.45, 7) is 11.1. The van der Waals surface area contributed by atoms with Crippen LogP contribution in [0.1, 0.15) is 13.8 Å². The highest BCUT2D eigenvalue weighted by Gasteiger charge is 2.16. The van der Waals surface area contributed by atoms with Gasteiger partial charge < -0.3 is 15.1 Å². The van der Waals surface area contributed by atoms with Crippen LogP contribution in [0.15, 0.2) is 0 Å². The van der Waals surface area contributed by atoms with E-state index in [9.17, 15) is 10.2 Å². The van der Waals surface area contributed by atoms with Crippen LogP contribution in [-0.2, 0) is 0 Å². The van der Waals surface area contributed by atoms with E-state index in [1.807, 2.05) is 13.8 Å². The molecule has 1 aliphatic rings. The van der Waals surface area contributed by atoms with Crippen molar-refractivity contribution in [3.63, 3.8) is 0 Å². The van der Waals surface area contributed by atoms with Crippen molar-refractivity contribution in [2.75, 3.05) is 59.4 Å². The lowest BCUT2D eigenvalue weighted by Gasteiger charge is -2.27. The van der Waals surface area contributed by atoms with Crippen molar-refractivity contribution in [1.29, 1.82) is 0 Å². The molecule has 0 saturated carbocycles. The van der Waals surface area contributed by atoms with E-state index >= 15 is 0 Å². The van der Waals surface area contributed by atoms with Crippen molar-refractivity contribution in [2.45, 2.75) is 26.1 Å². The molecule has 1 aliphatic heterocycles. The Kier molecular flexibility index (Phi) is 7.11. The molecule has 1 fully saturated rings. The molecule has 0 spiro atoms. The molecular formula is C13H29N3O2. The molecular weight excluding hydrogens is 230 g/mol. The Bertz CT molecular complexity index is 202. The van der Waals surface area contributed by atoms with E-state index in [1.165, 1.54) is 0 Å². The minimum absolute atomic E-state index is 0.277. The number of aliphatic hydroxyl groups excluding tert-OH is 2. The first-order valence-electron chi connectivity index (χ1n) is 6.96. The lowest BCUT2D eigenvalue weighted by atomic mass is 10.3. The van der Waals surface area contributed by atoms with Crippen molar-refractivity contribution in [3.05, 3.63) is 0 Å². The molecule has 1 heterocycles. The van der Waals surface area contributed by atoms with Crippen LogP contribution in [0.3, 0.4) is 0 Å². The Morgan fingerprint density at radius 3 is 1.44 bits per heavy atom. The van der Waals surface area contributed by atoms with E-state index in [1.54, 1.807) is 0 Å². The lowest BCUT2D eigenvalue weighted by Crippen LogP contribution is -2.41. The van der Waals surface area contributed by atoms with Crippen LogP contribution >= 0.6 is 0 Å². The molecule has 1 rings (SSSR count). The van der Waals surface area contributed by atoms with Crippen molar-refractivity contribution in [3.8, 4) is 0 Å². The molecule has 0 unspecified atom stereocenters. The molecule has 0 aromatic rings. The molecule has 0 radical (unpaired) electrons. The zero-order valence-electron chi connectivity index (χ0n) is 12.0. The third-order valence-electron chi connectivity index (χ3n) is 3.37. The topological polar surface area (TPSA) is 50.2 Å². The first-order chi connectivity index (χ1) is 8.47. The predicted octanol–water partition coefficient (Wildman–Crippen LogP) is -0.703. The van der Waals surface area contributed by atoms with Crippen LogP contribution in [0.2, 0.25) is 0 Å². The summed E-state index contributed by atoms with van der Waals surface area (Å²) in [5.41, 5.74) is 0. The smallest absolute Gasteiger partial charge is 0.0639 e. The van der Waals surface area contributed by atoms with Crippen LogP contribution in [0, 0.1) is 0 Å². The average molecular weight is 259 g/mol. The molecule has 108 valence electrons. The zero-order chi connectivity index (χ0) is 13.5. The normalized spacial score (nSPS) is 25.2. The summed E-state index contributed by atoms with van der Waals surface area (Å²) in [4.78, 5) is 6.93. The number of likely N-dealkylation sites (N-methyl/N-ethyl adjacent to an activating group) is 1. The maximum absolute atomic E-state index is 9.51. The van der Waals surface area contributed by atoms with E-state index in [4.69, 9.17) is 0 Å². The summed E-state index contributed by atoms with van der Waals surface area (Å²) in [6, 6.07) is 0. The fourth-order valence-electron chi connectivity index (χ4n) is 2.36. The van der Waals surface area contributed by atoms with Gasteiger partial charge in [-0.05, 0) is 20.9 Å². The SMILES string of the molecule is C[C@H](O)CN1CCN(C)CCN(C[C@H](C)O)CC1. The zero-order valence-corrected chi connectivity index (χ0v) is 12.0. The molecule has 2 atom stereocenters. The number of nitrogens with zero attached hydrogens (tertiary/aromatic N) is 3. The standard InChI is InChI=1S/C13H29N3O2/c1-12(17)10-15-6-4-14(3)5-7-16(9-8-15)11-13(2)18/h12-13,17-18H,4-11H2,1-3H3/t12-,13-/m0/s1. The number of rotatable bonds is 4. The number of hydrogen-bond acceptors (Lipinski definition) is 5. The van der Waals surface area contributed by atoms with E-state index in [0.717, 1.165) is 52.4 Å². The third kappa shape index (κ3) is 6.66. The number of aliphatic hydroxyl groups is 2. The third-order valence-corrected chi connectivity index (χ3v) is 3.37. The summed E-state index contributed by atoms with van der Waals surface area (Å²) in [7, 11) is 2.13. The number of hydrogen-bond donors (Lipinski definition) is 2. The second-order valence-corrected chi connectivity index (χ2v) is 5.60. The Hall–Kier alpha value is -0.200. The Labute approximate surface area is 111 Å². The van der Waals surface area contributed by atoms with Gasteiger partial charge in [-0.25, -0.2) is 0 Å². The highest BCUT2D eigenvalue weighted by molar-refractivity contribution is 4.72. The monoisotopic (exact) mass is 259 g/mol. The first kappa shape index (κ1) is 15.9. The van der Waals surface area contributed by atoms with Gasteiger partial charge in [-0.3, -0.25) is 9.80 Å². The lowest BCUT2D eigenvalue weighted by molar-refractivity contribution is 0.102. The fraction of sp³-hybridized carbons (Fsp3) is 1.00. The molecule has 0 bridgehead atoms. The van der Waals surface area contributed by atoms with Gasteiger partial charge in [-0.2, -0.15) is 0 Å². The molecule has 2 N–H and O–H groups in total. The van der Waals surface area contributed by atoms with Gasteiger partial charge in [0.1, 0.15) is 0 Å². The molecule has 0 amide bonds. The average Bonchev–Trinajstić information content (AvgIpc) is 2.33. The van der Waals surface area contributed by atoms with Gasteiger partial charge in [-0.1, -0.05) is 0 Å². The van der Waals surface area contributed by atoms with Gasteiger partial charge in [0.15, 0.2) is 0 Å². The molecule has 0 aromatic carbocycles. The summed E-state index contributed by atoms with van der Waals surface area (Å²) in [5, 5.41) is 19.0. The van der Waals surface area contributed by atoms with Gasteiger partial charge in [0.25, 0.3) is 0 Å². The van der Waals surface area contributed by atoms with Crippen molar-refractivity contribution in [1.82, 2.24) is 14.7 Å². The Morgan fingerprint density at radius 2 is 1.11 bits per heavy atom. The van der Waals surface area contributed by atoms with E-state index < -0.39 is 0 Å². The Balaban J connectivity index is 2.50. The van der Waals surface area contributed by atoms with Gasteiger partial charge in [0.2, 0.25) is 0 Å². The largest absolute Gasteiger partial charge is 0.392 e. The van der Waals surface area contributed by atoms with Crippen LogP contribution in [0.5, 0.6) is 0 Å². The van der Waals surface area contributed by atoms with Crippen LogP contribution in [-0.4, -0.2) is 96.5 Å². The van der Waals surface area contributed by atoms with Crippen LogP contribution in [0.4, 0.5) is 0 Å². The molecule has 1 saturated heterocycles. The molecule has 0 aliphatic carbocycles. The first-order valence-corrected chi connectivity index (χ1v) is 6.96. The van der Waals surface area contributed by atoms with Crippen molar-refractivity contribution < 1.29 is 10.2 Å². The molecule has 18 heavy (non-hydrogen) atoms. The summed E-state index contributed by atoms with van der Waals surface area (Å²) >= 11 is 0. The van der Waals surface area contributed by atoms with E-state index in [-0.39, 0.29) is 12.2 Å². The maximum atomic E-state index is 9.51. The van der Waals surface area contributed by atoms with Crippen molar-refractivity contribution in [2.24, 2.45) is 0 Å². The molecule has 5 heteroatoms. The minimum Gasteiger partial charge on any atom is -0.392 e. The van der Waals surface area contributed by atoms with Gasteiger partial charge in [0.05, 0.1) is 12.2 Å². The van der Waals surface area contributed by atoms with Crippen LogP contribution < -0.4 is 0 Å². The minimum atomic E-state index is -0.277. The van der Waals surface area contributed by atoms with Gasteiger partial charge >= 0.3 is 0 Å². The summed E-state index contributed by atoms with van der Waals surface area (Å²) in [6.07, 6.45) is -0.553. The maximum Gasteiger partial charge on any atom is 0.0639 e.